The van der Waals surface area contributed by atoms with Crippen molar-refractivity contribution in [3.05, 3.63) is 11.1 Å². The predicted molar refractivity (Wildman–Crippen MR) is 50.4 cm³/mol. The first kappa shape index (κ1) is 8.80. The maximum atomic E-state index is 4.99. The molecule has 0 saturated carbocycles. The van der Waals surface area contributed by atoms with Crippen LogP contribution < -0.4 is 0 Å². The van der Waals surface area contributed by atoms with E-state index in [4.69, 9.17) is 12.2 Å². The minimum absolute atomic E-state index is 0.583. The summed E-state index contributed by atoms with van der Waals surface area (Å²) in [7, 11) is 0. The van der Waals surface area contributed by atoms with E-state index in [0.717, 1.165) is 6.54 Å². The monoisotopic (exact) mass is 189 g/mol. The second kappa shape index (κ2) is 3.92. The smallest absolute Gasteiger partial charge is 0.194 e. The van der Waals surface area contributed by atoms with Crippen LogP contribution in [0.5, 0.6) is 0 Å². The molecule has 5 heteroatoms. The Hall–Kier alpha value is -0.290. The lowest BCUT2D eigenvalue weighted by atomic mass is 10.5. The first-order valence-electron chi connectivity index (χ1n) is 3.36. The molecule has 0 amide bonds. The largest absolute Gasteiger partial charge is 0.306 e. The van der Waals surface area contributed by atoms with E-state index in [0.29, 0.717) is 10.0 Å². The molecule has 1 aromatic heterocycles. The fourth-order valence-corrected chi connectivity index (χ4v) is 1.24. The second-order valence-electron chi connectivity index (χ2n) is 2.36. The van der Waals surface area contributed by atoms with Crippen LogP contribution in [-0.2, 0) is 6.54 Å². The van der Waals surface area contributed by atoms with Crippen molar-refractivity contribution in [1.29, 1.82) is 0 Å². The Kier molecular flexibility index (Phi) is 3.14. The molecule has 0 spiro atoms. The van der Waals surface area contributed by atoms with E-state index in [2.05, 4.69) is 23.4 Å². The Bertz CT molecular complexity index is 265. The van der Waals surface area contributed by atoms with Crippen molar-refractivity contribution in [2.24, 2.45) is 0 Å². The summed E-state index contributed by atoms with van der Waals surface area (Å²) < 4.78 is 2.64. The molecule has 0 aromatic carbocycles. The van der Waals surface area contributed by atoms with E-state index >= 15 is 0 Å². The van der Waals surface area contributed by atoms with Crippen LogP contribution in [0.15, 0.2) is 6.33 Å². The van der Waals surface area contributed by atoms with E-state index in [9.17, 15) is 0 Å². The molecule has 1 aromatic rings. The number of thioether (sulfide) groups is 1. The van der Waals surface area contributed by atoms with Gasteiger partial charge in [-0.1, -0.05) is 6.92 Å². The van der Waals surface area contributed by atoms with Crippen molar-refractivity contribution in [3.8, 4) is 0 Å². The Morgan fingerprint density at radius 2 is 2.64 bits per heavy atom. The van der Waals surface area contributed by atoms with Crippen LogP contribution in [0.4, 0.5) is 0 Å². The van der Waals surface area contributed by atoms with E-state index in [1.807, 2.05) is 16.3 Å². The summed E-state index contributed by atoms with van der Waals surface area (Å²) in [5, 5.41) is 7.13. The molecule has 0 aliphatic rings. The predicted octanol–water partition coefficient (Wildman–Crippen LogP) is 1.69. The Balaban J connectivity index is 2.64. The van der Waals surface area contributed by atoms with Gasteiger partial charge in [0.15, 0.2) is 4.77 Å². The van der Waals surface area contributed by atoms with Crippen LogP contribution in [-0.4, -0.2) is 26.3 Å². The molecule has 1 heterocycles. The summed E-state index contributed by atoms with van der Waals surface area (Å²) in [4.78, 5) is 0. The molecule has 3 nitrogen and oxygen atoms in total. The number of aromatic amines is 1. The standard InChI is InChI=1S/C6H11N3S2/c1-5(11-2)3-9-4-7-8-6(9)10/h4-5H,3H2,1-2H3,(H,8,10). The van der Waals surface area contributed by atoms with Crippen molar-refractivity contribution < 1.29 is 0 Å². The zero-order chi connectivity index (χ0) is 8.27. The van der Waals surface area contributed by atoms with Crippen molar-refractivity contribution in [3.63, 3.8) is 0 Å². The molecule has 62 valence electrons. The molecule has 1 N–H and O–H groups in total. The van der Waals surface area contributed by atoms with Gasteiger partial charge in [-0.15, -0.1) is 0 Å². The average Bonchev–Trinajstić information content (AvgIpc) is 2.37. The molecule has 0 fully saturated rings. The zero-order valence-corrected chi connectivity index (χ0v) is 8.21. The summed E-state index contributed by atoms with van der Waals surface area (Å²) >= 11 is 6.81. The molecule has 0 bridgehead atoms. The molecule has 0 radical (unpaired) electrons. The molecule has 11 heavy (non-hydrogen) atoms. The van der Waals surface area contributed by atoms with Crippen molar-refractivity contribution in [2.75, 3.05) is 6.26 Å². The number of nitrogens with zero attached hydrogens (tertiary/aromatic N) is 2. The fourth-order valence-electron chi connectivity index (χ4n) is 0.752. The average molecular weight is 189 g/mol. The van der Waals surface area contributed by atoms with Gasteiger partial charge in [-0.25, -0.2) is 0 Å². The fraction of sp³-hybridized carbons (Fsp3) is 0.667. The van der Waals surface area contributed by atoms with Crippen LogP contribution in [0, 0.1) is 4.77 Å². The maximum Gasteiger partial charge on any atom is 0.194 e. The number of rotatable bonds is 3. The summed E-state index contributed by atoms with van der Waals surface area (Å²) in [6.45, 7) is 3.09. The minimum Gasteiger partial charge on any atom is -0.306 e. The van der Waals surface area contributed by atoms with Crippen molar-refractivity contribution in [2.45, 2.75) is 18.7 Å². The quantitative estimate of drug-likeness (QED) is 0.735. The molecule has 0 aliphatic heterocycles. The number of hydrogen-bond donors (Lipinski definition) is 1. The van der Waals surface area contributed by atoms with Gasteiger partial charge < -0.3 is 4.57 Å². The van der Waals surface area contributed by atoms with Crippen LogP contribution in [0.25, 0.3) is 0 Å². The third-order valence-electron chi connectivity index (χ3n) is 1.47. The highest BCUT2D eigenvalue weighted by Gasteiger charge is 2.00. The lowest BCUT2D eigenvalue weighted by molar-refractivity contribution is 0.681. The van der Waals surface area contributed by atoms with Gasteiger partial charge in [0, 0.05) is 11.8 Å². The number of H-pyrrole nitrogens is 1. The second-order valence-corrected chi connectivity index (χ2v) is 4.02. The van der Waals surface area contributed by atoms with Crippen LogP contribution >= 0.6 is 24.0 Å². The first-order chi connectivity index (χ1) is 5.24. The van der Waals surface area contributed by atoms with E-state index in [-0.39, 0.29) is 0 Å². The normalized spacial score (nSPS) is 13.3. The first-order valence-corrected chi connectivity index (χ1v) is 5.06. The molecule has 0 saturated heterocycles. The molecular weight excluding hydrogens is 178 g/mol. The summed E-state index contributed by atoms with van der Waals surface area (Å²) in [6, 6.07) is 0. The molecule has 0 aliphatic carbocycles. The molecule has 1 unspecified atom stereocenters. The summed E-state index contributed by atoms with van der Waals surface area (Å²) in [5.41, 5.74) is 0. The van der Waals surface area contributed by atoms with Gasteiger partial charge in [-0.3, -0.25) is 5.10 Å². The van der Waals surface area contributed by atoms with Crippen molar-refractivity contribution in [1.82, 2.24) is 14.8 Å². The van der Waals surface area contributed by atoms with Gasteiger partial charge in [0.1, 0.15) is 6.33 Å². The zero-order valence-electron chi connectivity index (χ0n) is 6.57. The third-order valence-corrected chi connectivity index (χ3v) is 2.75. The van der Waals surface area contributed by atoms with Gasteiger partial charge >= 0.3 is 0 Å². The van der Waals surface area contributed by atoms with Crippen LogP contribution in [0.2, 0.25) is 0 Å². The highest BCUT2D eigenvalue weighted by atomic mass is 32.2. The number of hydrogen-bond acceptors (Lipinski definition) is 3. The summed E-state index contributed by atoms with van der Waals surface area (Å²) in [6.07, 6.45) is 3.82. The highest BCUT2D eigenvalue weighted by Crippen LogP contribution is 2.07. The Morgan fingerprint density at radius 3 is 3.09 bits per heavy atom. The third kappa shape index (κ3) is 2.34. The minimum atomic E-state index is 0.583. The SMILES string of the molecule is CSC(C)Cn1cn[nH]c1=S. The lowest BCUT2D eigenvalue weighted by Gasteiger charge is -2.06. The topological polar surface area (TPSA) is 33.6 Å². The number of nitrogens with one attached hydrogen (secondary N) is 1. The summed E-state index contributed by atoms with van der Waals surface area (Å²) in [5.74, 6) is 0. The van der Waals surface area contributed by atoms with Gasteiger partial charge in [-0.05, 0) is 18.5 Å². The highest BCUT2D eigenvalue weighted by molar-refractivity contribution is 7.99. The van der Waals surface area contributed by atoms with Gasteiger partial charge in [-0.2, -0.15) is 16.9 Å². The molecule has 1 rings (SSSR count). The van der Waals surface area contributed by atoms with E-state index in [1.165, 1.54) is 0 Å². The van der Waals surface area contributed by atoms with E-state index < -0.39 is 0 Å². The van der Waals surface area contributed by atoms with E-state index in [1.54, 1.807) is 6.33 Å². The van der Waals surface area contributed by atoms with Crippen LogP contribution in [0.3, 0.4) is 0 Å². The lowest BCUT2D eigenvalue weighted by Crippen LogP contribution is -2.07. The van der Waals surface area contributed by atoms with Crippen molar-refractivity contribution >= 4 is 24.0 Å². The molecular formula is C6H11N3S2. The van der Waals surface area contributed by atoms with Gasteiger partial charge in [0.05, 0.1) is 0 Å². The number of aromatic nitrogens is 3. The van der Waals surface area contributed by atoms with Gasteiger partial charge in [0.2, 0.25) is 0 Å². The van der Waals surface area contributed by atoms with Crippen LogP contribution in [0.1, 0.15) is 6.92 Å². The Morgan fingerprint density at radius 1 is 1.91 bits per heavy atom. The van der Waals surface area contributed by atoms with Gasteiger partial charge in [0.25, 0.3) is 0 Å². The Labute approximate surface area is 75.2 Å². The maximum absolute atomic E-state index is 4.99. The molecule has 1 atom stereocenters.